The van der Waals surface area contributed by atoms with E-state index in [1.807, 2.05) is 0 Å². The molecule has 0 saturated heterocycles. The Kier molecular flexibility index (Phi) is 2.28. The molecule has 0 saturated carbocycles. The summed E-state index contributed by atoms with van der Waals surface area (Å²) in [6.07, 6.45) is 6.75. The SMILES string of the molecule is O=C(O)c1cccc2[nH]c(-c3cnn4ccncc34)nc12. The maximum absolute atomic E-state index is 11.2. The van der Waals surface area contributed by atoms with Gasteiger partial charge in [-0.05, 0) is 12.1 Å². The number of imidazole rings is 1. The quantitative estimate of drug-likeness (QED) is 0.584. The number of aromatic carboxylic acids is 1. The third-order valence-corrected chi connectivity index (χ3v) is 3.32. The number of hydrogen-bond donors (Lipinski definition) is 2. The van der Waals surface area contributed by atoms with Crippen molar-refractivity contribution in [2.45, 2.75) is 0 Å². The number of aromatic amines is 1. The first-order chi connectivity index (χ1) is 10.2. The van der Waals surface area contributed by atoms with E-state index in [4.69, 9.17) is 0 Å². The zero-order valence-electron chi connectivity index (χ0n) is 10.7. The fraction of sp³-hybridized carbons (Fsp3) is 0. The van der Waals surface area contributed by atoms with Crippen LogP contribution in [0.1, 0.15) is 10.4 Å². The van der Waals surface area contributed by atoms with Gasteiger partial charge in [-0.1, -0.05) is 6.07 Å². The van der Waals surface area contributed by atoms with Crippen LogP contribution in [0.25, 0.3) is 27.9 Å². The van der Waals surface area contributed by atoms with E-state index in [1.165, 1.54) is 6.07 Å². The number of carboxylic acids is 1. The van der Waals surface area contributed by atoms with E-state index < -0.39 is 5.97 Å². The molecule has 0 fully saturated rings. The summed E-state index contributed by atoms with van der Waals surface area (Å²) in [5.41, 5.74) is 2.85. The number of fused-ring (bicyclic) bond motifs is 2. The molecule has 3 aromatic heterocycles. The van der Waals surface area contributed by atoms with Crippen LogP contribution in [-0.2, 0) is 0 Å². The molecule has 7 heteroatoms. The van der Waals surface area contributed by atoms with Crippen molar-refractivity contribution < 1.29 is 9.90 Å². The Bertz CT molecular complexity index is 985. The monoisotopic (exact) mass is 279 g/mol. The predicted molar refractivity (Wildman–Crippen MR) is 75.0 cm³/mol. The number of H-pyrrole nitrogens is 1. The second kappa shape index (κ2) is 4.14. The number of benzene rings is 1. The maximum Gasteiger partial charge on any atom is 0.337 e. The van der Waals surface area contributed by atoms with Crippen LogP contribution in [0.2, 0.25) is 0 Å². The van der Waals surface area contributed by atoms with Gasteiger partial charge in [0.05, 0.1) is 34.6 Å². The minimum absolute atomic E-state index is 0.171. The van der Waals surface area contributed by atoms with Gasteiger partial charge < -0.3 is 10.1 Å². The summed E-state index contributed by atoms with van der Waals surface area (Å²) in [6.45, 7) is 0. The Morgan fingerprint density at radius 2 is 2.19 bits per heavy atom. The summed E-state index contributed by atoms with van der Waals surface area (Å²) < 4.78 is 1.69. The van der Waals surface area contributed by atoms with Crippen LogP contribution < -0.4 is 0 Å². The number of para-hydroxylation sites is 1. The van der Waals surface area contributed by atoms with Gasteiger partial charge in [-0.15, -0.1) is 0 Å². The molecule has 0 aliphatic heterocycles. The van der Waals surface area contributed by atoms with E-state index in [9.17, 15) is 9.90 Å². The molecule has 0 aliphatic rings. The Morgan fingerprint density at radius 3 is 3.05 bits per heavy atom. The van der Waals surface area contributed by atoms with Gasteiger partial charge in [0.15, 0.2) is 0 Å². The Balaban J connectivity index is 1.99. The fourth-order valence-electron chi connectivity index (χ4n) is 2.35. The van der Waals surface area contributed by atoms with E-state index in [0.717, 1.165) is 11.1 Å². The van der Waals surface area contributed by atoms with Crippen molar-refractivity contribution in [2.75, 3.05) is 0 Å². The smallest absolute Gasteiger partial charge is 0.337 e. The summed E-state index contributed by atoms with van der Waals surface area (Å²) in [6, 6.07) is 5.01. The Labute approximate surface area is 117 Å². The summed E-state index contributed by atoms with van der Waals surface area (Å²) in [5, 5.41) is 13.4. The first-order valence-electron chi connectivity index (χ1n) is 6.24. The summed E-state index contributed by atoms with van der Waals surface area (Å²) in [4.78, 5) is 22.9. The molecule has 7 nitrogen and oxygen atoms in total. The number of carbonyl (C=O) groups is 1. The average Bonchev–Trinajstić information content (AvgIpc) is 3.09. The molecule has 3 heterocycles. The van der Waals surface area contributed by atoms with Crippen LogP contribution in [0.15, 0.2) is 43.0 Å². The zero-order valence-corrected chi connectivity index (χ0v) is 10.7. The highest BCUT2D eigenvalue weighted by Crippen LogP contribution is 2.25. The van der Waals surface area contributed by atoms with E-state index in [1.54, 1.807) is 41.4 Å². The molecule has 21 heavy (non-hydrogen) atoms. The molecule has 0 radical (unpaired) electrons. The van der Waals surface area contributed by atoms with E-state index in [0.29, 0.717) is 16.9 Å². The maximum atomic E-state index is 11.2. The second-order valence-corrected chi connectivity index (χ2v) is 4.56. The van der Waals surface area contributed by atoms with Gasteiger partial charge in [-0.2, -0.15) is 5.10 Å². The molecule has 0 aliphatic carbocycles. The summed E-state index contributed by atoms with van der Waals surface area (Å²) in [7, 11) is 0. The molecule has 1 aromatic carbocycles. The van der Waals surface area contributed by atoms with Crippen molar-refractivity contribution in [3.63, 3.8) is 0 Å². The number of rotatable bonds is 2. The third-order valence-electron chi connectivity index (χ3n) is 3.32. The second-order valence-electron chi connectivity index (χ2n) is 4.56. The van der Waals surface area contributed by atoms with Crippen molar-refractivity contribution in [1.29, 1.82) is 0 Å². The lowest BCUT2D eigenvalue weighted by molar-refractivity contribution is 0.0699. The standard InChI is InChI=1S/C14H9N5O2/c20-14(21)8-2-1-3-10-12(8)18-13(17-10)9-6-16-19-5-4-15-7-11(9)19/h1-7H,(H,17,18)(H,20,21). The number of aromatic nitrogens is 5. The highest BCUT2D eigenvalue weighted by atomic mass is 16.4. The van der Waals surface area contributed by atoms with Gasteiger partial charge in [-0.25, -0.2) is 14.3 Å². The Hall–Kier alpha value is -3.22. The molecular weight excluding hydrogens is 270 g/mol. The summed E-state index contributed by atoms with van der Waals surface area (Å²) in [5.74, 6) is -0.429. The van der Waals surface area contributed by atoms with Crippen LogP contribution in [0.4, 0.5) is 0 Å². The largest absolute Gasteiger partial charge is 0.478 e. The van der Waals surface area contributed by atoms with Crippen LogP contribution in [0.3, 0.4) is 0 Å². The van der Waals surface area contributed by atoms with Crippen LogP contribution in [0, 0.1) is 0 Å². The third kappa shape index (κ3) is 1.68. The van der Waals surface area contributed by atoms with Crippen molar-refractivity contribution in [3.8, 4) is 11.4 Å². The number of nitrogens with one attached hydrogen (secondary N) is 1. The van der Waals surface area contributed by atoms with Crippen molar-refractivity contribution in [2.24, 2.45) is 0 Å². The van der Waals surface area contributed by atoms with Gasteiger partial charge in [0.1, 0.15) is 11.3 Å². The van der Waals surface area contributed by atoms with Crippen LogP contribution >= 0.6 is 0 Å². The van der Waals surface area contributed by atoms with Gasteiger partial charge in [-0.3, -0.25) is 4.98 Å². The average molecular weight is 279 g/mol. The molecular formula is C14H9N5O2. The lowest BCUT2D eigenvalue weighted by Gasteiger charge is -1.93. The van der Waals surface area contributed by atoms with Gasteiger partial charge in [0.25, 0.3) is 0 Å². The van der Waals surface area contributed by atoms with Crippen molar-refractivity contribution >= 4 is 22.5 Å². The van der Waals surface area contributed by atoms with Crippen molar-refractivity contribution in [3.05, 3.63) is 48.5 Å². The molecule has 0 amide bonds. The Morgan fingerprint density at radius 1 is 1.29 bits per heavy atom. The van der Waals surface area contributed by atoms with Gasteiger partial charge in [0, 0.05) is 12.4 Å². The van der Waals surface area contributed by atoms with Crippen LogP contribution in [-0.4, -0.2) is 35.6 Å². The lowest BCUT2D eigenvalue weighted by Crippen LogP contribution is -1.96. The molecule has 0 atom stereocenters. The molecule has 4 rings (SSSR count). The zero-order chi connectivity index (χ0) is 14.4. The lowest BCUT2D eigenvalue weighted by atomic mass is 10.2. The van der Waals surface area contributed by atoms with Gasteiger partial charge in [0.2, 0.25) is 0 Å². The summed E-state index contributed by atoms with van der Waals surface area (Å²) >= 11 is 0. The molecule has 0 bridgehead atoms. The van der Waals surface area contributed by atoms with Gasteiger partial charge >= 0.3 is 5.97 Å². The molecule has 4 aromatic rings. The topological polar surface area (TPSA) is 96.2 Å². The highest BCUT2D eigenvalue weighted by molar-refractivity contribution is 6.01. The molecule has 102 valence electrons. The number of carboxylic acid groups (broad SMARTS) is 1. The van der Waals surface area contributed by atoms with Crippen LogP contribution in [0.5, 0.6) is 0 Å². The van der Waals surface area contributed by atoms with Crippen molar-refractivity contribution in [1.82, 2.24) is 24.6 Å². The minimum Gasteiger partial charge on any atom is -0.478 e. The van der Waals surface area contributed by atoms with E-state index in [2.05, 4.69) is 20.1 Å². The predicted octanol–water partition coefficient (Wildman–Crippen LogP) is 1.97. The van der Waals surface area contributed by atoms with E-state index >= 15 is 0 Å². The molecule has 0 unspecified atom stereocenters. The first-order valence-corrected chi connectivity index (χ1v) is 6.24. The minimum atomic E-state index is -1.000. The normalized spacial score (nSPS) is 11.2. The highest BCUT2D eigenvalue weighted by Gasteiger charge is 2.15. The number of hydrogen-bond acceptors (Lipinski definition) is 4. The van der Waals surface area contributed by atoms with E-state index in [-0.39, 0.29) is 5.56 Å². The first kappa shape index (κ1) is 11.6. The molecule has 0 spiro atoms. The molecule has 2 N–H and O–H groups in total. The fourth-order valence-corrected chi connectivity index (χ4v) is 2.35. The number of nitrogens with zero attached hydrogens (tertiary/aromatic N) is 4.